The van der Waals surface area contributed by atoms with Gasteiger partial charge in [0.25, 0.3) is 0 Å². The first kappa shape index (κ1) is 29.8. The van der Waals surface area contributed by atoms with Crippen molar-refractivity contribution in [2.45, 2.75) is 24.9 Å². The smallest absolute Gasteiger partial charge is 0.416 e. The Morgan fingerprint density at radius 1 is 0.711 bits per heavy atom. The lowest BCUT2D eigenvalue weighted by Crippen LogP contribution is -2.23. The average Bonchev–Trinajstić information content (AvgIpc) is 3.06. The minimum absolute atomic E-state index is 0.295. The summed E-state index contributed by atoms with van der Waals surface area (Å²) in [5, 5.41) is 0. The van der Waals surface area contributed by atoms with E-state index >= 15 is 0 Å². The molecule has 45 heavy (non-hydrogen) atoms. The van der Waals surface area contributed by atoms with Crippen LogP contribution in [0.25, 0.3) is 22.8 Å². The lowest BCUT2D eigenvalue weighted by Gasteiger charge is -2.29. The summed E-state index contributed by atoms with van der Waals surface area (Å²) >= 11 is 0. The SMILES string of the molecule is CC1(c2ccc(/C(=C/c3ccc(-c4ccc(Oc5ccc(N)cc5)cc4)cc3)c3ccccc3)cc2)C=CC(C(F)(F)F)=CC1. The highest BCUT2D eigenvalue weighted by atomic mass is 19.4. The number of hydrogen-bond acceptors (Lipinski definition) is 2. The van der Waals surface area contributed by atoms with Gasteiger partial charge in [-0.2, -0.15) is 13.2 Å². The Balaban J connectivity index is 1.22. The van der Waals surface area contributed by atoms with Gasteiger partial charge >= 0.3 is 6.18 Å². The van der Waals surface area contributed by atoms with E-state index in [-0.39, 0.29) is 0 Å². The first-order chi connectivity index (χ1) is 21.7. The highest BCUT2D eigenvalue weighted by Crippen LogP contribution is 2.39. The molecule has 1 aliphatic rings. The van der Waals surface area contributed by atoms with E-state index in [1.54, 1.807) is 6.08 Å². The van der Waals surface area contributed by atoms with E-state index in [0.29, 0.717) is 12.1 Å². The molecule has 0 saturated heterocycles. The fourth-order valence-corrected chi connectivity index (χ4v) is 5.46. The van der Waals surface area contributed by atoms with Crippen molar-refractivity contribution in [3.05, 3.63) is 173 Å². The molecule has 0 fully saturated rings. The Bertz CT molecular complexity index is 1850. The summed E-state index contributed by atoms with van der Waals surface area (Å²) in [6.45, 7) is 1.97. The Kier molecular flexibility index (Phi) is 8.18. The summed E-state index contributed by atoms with van der Waals surface area (Å²) in [6.07, 6.45) is 2.28. The lowest BCUT2D eigenvalue weighted by molar-refractivity contribution is -0.0887. The zero-order valence-electron chi connectivity index (χ0n) is 24.8. The summed E-state index contributed by atoms with van der Waals surface area (Å²) in [5.74, 6) is 1.48. The maximum absolute atomic E-state index is 13.1. The van der Waals surface area contributed by atoms with Gasteiger partial charge in [-0.05, 0) is 87.8 Å². The second-order valence-electron chi connectivity index (χ2n) is 11.4. The van der Waals surface area contributed by atoms with E-state index < -0.39 is 17.2 Å². The van der Waals surface area contributed by atoms with Crippen molar-refractivity contribution in [2.75, 3.05) is 5.73 Å². The van der Waals surface area contributed by atoms with Crippen LogP contribution in [0.3, 0.4) is 0 Å². The number of allylic oxidation sites excluding steroid dienone is 4. The number of anilines is 1. The molecule has 0 aromatic heterocycles. The molecule has 1 atom stereocenters. The first-order valence-electron chi connectivity index (χ1n) is 14.7. The molecular formula is C40H32F3NO. The van der Waals surface area contributed by atoms with Crippen molar-refractivity contribution in [2.24, 2.45) is 0 Å². The molecule has 0 aliphatic heterocycles. The number of benzene rings is 5. The summed E-state index contributed by atoms with van der Waals surface area (Å²) in [5.41, 5.74) is 12.7. The molecule has 0 bridgehead atoms. The molecule has 5 heteroatoms. The standard InChI is InChI=1S/C40H32F3NO/c1-39(25-23-34(24-26-39)40(41,42)43)33-15-11-32(12-16-33)38(31-5-3-2-4-6-31)27-28-7-9-29(10-8-28)30-13-19-36(20-14-30)45-37-21-17-35(44)18-22-37/h2-25,27H,26,44H2,1H3/b38-27+. The van der Waals surface area contributed by atoms with E-state index in [9.17, 15) is 13.2 Å². The van der Waals surface area contributed by atoms with Gasteiger partial charge in [-0.3, -0.25) is 0 Å². The highest BCUT2D eigenvalue weighted by molar-refractivity contribution is 5.91. The number of alkyl halides is 3. The van der Waals surface area contributed by atoms with Crippen molar-refractivity contribution < 1.29 is 17.9 Å². The molecule has 0 radical (unpaired) electrons. The van der Waals surface area contributed by atoms with Crippen molar-refractivity contribution in [3.63, 3.8) is 0 Å². The van der Waals surface area contributed by atoms with Crippen molar-refractivity contribution >= 4 is 17.3 Å². The maximum Gasteiger partial charge on any atom is 0.416 e. The Labute approximate surface area is 261 Å². The summed E-state index contributed by atoms with van der Waals surface area (Å²) < 4.78 is 45.4. The van der Waals surface area contributed by atoms with Gasteiger partial charge in [0.05, 0.1) is 5.57 Å². The van der Waals surface area contributed by atoms with Gasteiger partial charge in [-0.15, -0.1) is 0 Å². The van der Waals surface area contributed by atoms with Crippen LogP contribution in [0.2, 0.25) is 0 Å². The first-order valence-corrected chi connectivity index (χ1v) is 14.7. The summed E-state index contributed by atoms with van der Waals surface area (Å²) in [4.78, 5) is 0. The molecule has 0 spiro atoms. The molecule has 224 valence electrons. The quantitative estimate of drug-likeness (QED) is 0.149. The molecular weight excluding hydrogens is 567 g/mol. The van der Waals surface area contributed by atoms with Crippen molar-refractivity contribution in [1.29, 1.82) is 0 Å². The minimum Gasteiger partial charge on any atom is -0.457 e. The largest absolute Gasteiger partial charge is 0.457 e. The predicted octanol–water partition coefficient (Wildman–Crippen LogP) is 11.0. The molecule has 0 amide bonds. The van der Waals surface area contributed by atoms with E-state index in [2.05, 4.69) is 54.6 Å². The lowest BCUT2D eigenvalue weighted by atomic mass is 9.75. The highest BCUT2D eigenvalue weighted by Gasteiger charge is 2.35. The van der Waals surface area contributed by atoms with Gasteiger partial charge in [-0.25, -0.2) is 0 Å². The van der Waals surface area contributed by atoms with E-state index in [1.165, 1.54) is 12.2 Å². The zero-order chi connectivity index (χ0) is 31.4. The van der Waals surface area contributed by atoms with Crippen LogP contribution < -0.4 is 10.5 Å². The Hall–Kier alpha value is -5.29. The third kappa shape index (κ3) is 6.94. The number of nitrogen functional groups attached to an aromatic ring is 1. The van der Waals surface area contributed by atoms with Crippen LogP contribution in [-0.2, 0) is 5.41 Å². The van der Waals surface area contributed by atoms with Crippen LogP contribution >= 0.6 is 0 Å². The second-order valence-corrected chi connectivity index (χ2v) is 11.4. The van der Waals surface area contributed by atoms with Crippen LogP contribution in [0.4, 0.5) is 18.9 Å². The Morgan fingerprint density at radius 2 is 1.27 bits per heavy atom. The van der Waals surface area contributed by atoms with E-state index in [1.807, 2.05) is 85.8 Å². The Morgan fingerprint density at radius 3 is 1.82 bits per heavy atom. The predicted molar refractivity (Wildman–Crippen MR) is 178 cm³/mol. The molecule has 0 heterocycles. The maximum atomic E-state index is 13.1. The molecule has 2 N–H and O–H groups in total. The monoisotopic (exact) mass is 599 g/mol. The van der Waals surface area contributed by atoms with Gasteiger partial charge in [0.2, 0.25) is 0 Å². The number of rotatable bonds is 7. The molecule has 1 aliphatic carbocycles. The van der Waals surface area contributed by atoms with E-state index in [4.69, 9.17) is 10.5 Å². The summed E-state index contributed by atoms with van der Waals surface area (Å²) in [6, 6.07) is 42.0. The summed E-state index contributed by atoms with van der Waals surface area (Å²) in [7, 11) is 0. The van der Waals surface area contributed by atoms with Crippen molar-refractivity contribution in [1.82, 2.24) is 0 Å². The fraction of sp³-hybridized carbons (Fsp3) is 0.100. The molecule has 1 unspecified atom stereocenters. The van der Waals surface area contributed by atoms with Crippen LogP contribution in [0.5, 0.6) is 11.5 Å². The molecule has 0 saturated carbocycles. The van der Waals surface area contributed by atoms with Gasteiger partial charge in [0.15, 0.2) is 0 Å². The normalized spacial score (nSPS) is 16.7. The van der Waals surface area contributed by atoms with Gasteiger partial charge in [-0.1, -0.05) is 116 Å². The number of ether oxygens (including phenoxy) is 1. The van der Waals surface area contributed by atoms with Gasteiger partial charge in [0.1, 0.15) is 11.5 Å². The van der Waals surface area contributed by atoms with E-state index in [0.717, 1.165) is 50.5 Å². The minimum atomic E-state index is -4.33. The molecule has 6 rings (SSSR count). The molecule has 2 nitrogen and oxygen atoms in total. The zero-order valence-corrected chi connectivity index (χ0v) is 24.8. The molecule has 5 aromatic rings. The van der Waals surface area contributed by atoms with Crippen molar-refractivity contribution in [3.8, 4) is 22.6 Å². The fourth-order valence-electron chi connectivity index (χ4n) is 5.46. The van der Waals surface area contributed by atoms with Crippen LogP contribution in [0.1, 0.15) is 35.6 Å². The number of hydrogen-bond donors (Lipinski definition) is 1. The number of nitrogens with two attached hydrogens (primary N) is 1. The average molecular weight is 600 g/mol. The third-order valence-electron chi connectivity index (χ3n) is 8.17. The third-order valence-corrected chi connectivity index (χ3v) is 8.17. The number of halogens is 3. The van der Waals surface area contributed by atoms with Crippen LogP contribution in [0, 0.1) is 0 Å². The van der Waals surface area contributed by atoms with Gasteiger partial charge < -0.3 is 10.5 Å². The topological polar surface area (TPSA) is 35.2 Å². The molecule has 5 aromatic carbocycles. The second kappa shape index (κ2) is 12.4. The van der Waals surface area contributed by atoms with Gasteiger partial charge in [0, 0.05) is 11.1 Å². The van der Waals surface area contributed by atoms with Crippen LogP contribution in [0.15, 0.2) is 151 Å². The van der Waals surface area contributed by atoms with Crippen LogP contribution in [-0.4, -0.2) is 6.18 Å².